The summed E-state index contributed by atoms with van der Waals surface area (Å²) in [7, 11) is -3.67. The predicted molar refractivity (Wildman–Crippen MR) is 110 cm³/mol. The number of hydrogen-bond donors (Lipinski definition) is 1. The van der Waals surface area contributed by atoms with E-state index in [-0.39, 0.29) is 15.8 Å². The fourth-order valence-corrected chi connectivity index (χ4v) is 5.78. The highest BCUT2D eigenvalue weighted by Gasteiger charge is 2.51. The Balaban J connectivity index is 1.59. The number of sulfonamides is 1. The lowest BCUT2D eigenvalue weighted by Gasteiger charge is -2.19. The minimum atomic E-state index is -3.67. The fourth-order valence-electron chi connectivity index (χ4n) is 3.64. The number of amides is 1. The largest absolute Gasteiger partial charge is 0.325 e. The van der Waals surface area contributed by atoms with E-state index in [1.165, 1.54) is 16.4 Å². The molecule has 5 nitrogen and oxygen atoms in total. The lowest BCUT2D eigenvalue weighted by molar-refractivity contribution is -0.118. The first-order chi connectivity index (χ1) is 13.3. The lowest BCUT2D eigenvalue weighted by atomic mass is 9.95. The quantitative estimate of drug-likeness (QED) is 0.749. The number of benzene rings is 2. The van der Waals surface area contributed by atoms with Crippen molar-refractivity contribution in [3.05, 3.63) is 58.1 Å². The van der Waals surface area contributed by atoms with Crippen LogP contribution in [0.2, 0.25) is 10.0 Å². The number of nitrogens with one attached hydrogen (secondary N) is 1. The topological polar surface area (TPSA) is 66.5 Å². The van der Waals surface area contributed by atoms with Crippen molar-refractivity contribution in [2.24, 2.45) is 0 Å². The van der Waals surface area contributed by atoms with Crippen molar-refractivity contribution in [3.8, 4) is 0 Å². The van der Waals surface area contributed by atoms with Gasteiger partial charge in [-0.15, -0.1) is 0 Å². The maximum absolute atomic E-state index is 12.9. The molecule has 4 rings (SSSR count). The van der Waals surface area contributed by atoms with Crippen molar-refractivity contribution in [3.63, 3.8) is 0 Å². The summed E-state index contributed by atoms with van der Waals surface area (Å²) < 4.78 is 27.2. The van der Waals surface area contributed by atoms with Crippen LogP contribution in [0.1, 0.15) is 31.2 Å². The van der Waals surface area contributed by atoms with Crippen molar-refractivity contribution in [2.75, 3.05) is 18.4 Å². The zero-order chi connectivity index (χ0) is 19.9. The van der Waals surface area contributed by atoms with E-state index in [9.17, 15) is 13.2 Å². The van der Waals surface area contributed by atoms with Gasteiger partial charge in [-0.05, 0) is 61.6 Å². The molecule has 1 aliphatic heterocycles. The number of rotatable bonds is 5. The Bertz CT molecular complexity index is 1010. The molecular weight excluding hydrogens is 419 g/mol. The number of nitrogens with zero attached hydrogens (tertiary/aromatic N) is 1. The summed E-state index contributed by atoms with van der Waals surface area (Å²) >= 11 is 12.1. The first kappa shape index (κ1) is 19.7. The Morgan fingerprint density at radius 1 is 1.00 bits per heavy atom. The average Bonchev–Trinajstić information content (AvgIpc) is 3.28. The lowest BCUT2D eigenvalue weighted by Crippen LogP contribution is -2.29. The Morgan fingerprint density at radius 3 is 2.25 bits per heavy atom. The Kier molecular flexibility index (Phi) is 5.16. The summed E-state index contributed by atoms with van der Waals surface area (Å²) in [4.78, 5) is 13.0. The van der Waals surface area contributed by atoms with Crippen LogP contribution in [0, 0.1) is 0 Å². The van der Waals surface area contributed by atoms with Gasteiger partial charge in [-0.1, -0.05) is 35.3 Å². The molecule has 0 radical (unpaired) electrons. The molecule has 0 spiro atoms. The van der Waals surface area contributed by atoms with Crippen LogP contribution in [-0.2, 0) is 20.2 Å². The molecular formula is C20H20Cl2N2O3S. The van der Waals surface area contributed by atoms with Gasteiger partial charge in [0.2, 0.25) is 15.9 Å². The Hall–Kier alpha value is -1.60. The SMILES string of the molecule is O=C(Nc1ccc(Cl)c(S(=O)(=O)N2CCCC2)c1)C1(c2ccc(Cl)cc2)CC1. The first-order valence-corrected chi connectivity index (χ1v) is 11.4. The van der Waals surface area contributed by atoms with Crippen LogP contribution in [0.25, 0.3) is 0 Å². The molecule has 8 heteroatoms. The zero-order valence-corrected chi connectivity index (χ0v) is 17.4. The highest BCUT2D eigenvalue weighted by Crippen LogP contribution is 2.49. The van der Waals surface area contributed by atoms with Gasteiger partial charge >= 0.3 is 0 Å². The summed E-state index contributed by atoms with van der Waals surface area (Å²) in [6, 6.07) is 11.9. The van der Waals surface area contributed by atoms with Gasteiger partial charge in [-0.25, -0.2) is 8.42 Å². The van der Waals surface area contributed by atoms with E-state index in [1.807, 2.05) is 12.1 Å². The molecule has 1 saturated carbocycles. The molecule has 0 bridgehead atoms. The summed E-state index contributed by atoms with van der Waals surface area (Å²) in [5, 5.41) is 3.65. The Morgan fingerprint density at radius 2 is 1.64 bits per heavy atom. The normalized spacial score (nSPS) is 18.8. The third-order valence-corrected chi connectivity index (χ3v) is 8.09. The van der Waals surface area contributed by atoms with Crippen molar-refractivity contribution in [2.45, 2.75) is 36.0 Å². The maximum atomic E-state index is 12.9. The molecule has 2 aliphatic rings. The number of carbonyl (C=O) groups is 1. The monoisotopic (exact) mass is 438 g/mol. The second-order valence-electron chi connectivity index (χ2n) is 7.30. The van der Waals surface area contributed by atoms with Crippen molar-refractivity contribution in [1.29, 1.82) is 0 Å². The van der Waals surface area contributed by atoms with Crippen LogP contribution in [0.5, 0.6) is 0 Å². The molecule has 1 N–H and O–H groups in total. The summed E-state index contributed by atoms with van der Waals surface area (Å²) in [6.07, 6.45) is 3.17. The molecule has 0 atom stereocenters. The second kappa shape index (κ2) is 7.34. The van der Waals surface area contributed by atoms with E-state index in [4.69, 9.17) is 23.2 Å². The molecule has 2 aromatic carbocycles. The predicted octanol–water partition coefficient (Wildman–Crippen LogP) is 4.45. The summed E-state index contributed by atoms with van der Waals surface area (Å²) in [5.41, 5.74) is 0.749. The standard InChI is InChI=1S/C20H20Cl2N2O3S/c21-15-5-3-14(4-6-15)20(9-10-20)19(25)23-16-7-8-17(22)18(13-16)28(26,27)24-11-1-2-12-24/h3-8,13H,1-2,9-12H2,(H,23,25). The van der Waals surface area contributed by atoms with Gasteiger partial charge in [0.25, 0.3) is 0 Å². The highest BCUT2D eigenvalue weighted by molar-refractivity contribution is 7.89. The molecule has 1 amide bonds. The number of anilines is 1. The van der Waals surface area contributed by atoms with Gasteiger partial charge in [0.15, 0.2) is 0 Å². The van der Waals surface area contributed by atoms with Crippen LogP contribution in [-0.4, -0.2) is 31.7 Å². The van der Waals surface area contributed by atoms with Crippen LogP contribution >= 0.6 is 23.2 Å². The number of carbonyl (C=O) groups excluding carboxylic acids is 1. The van der Waals surface area contributed by atoms with E-state index in [1.54, 1.807) is 18.2 Å². The number of hydrogen-bond acceptors (Lipinski definition) is 3. The molecule has 2 aromatic rings. The van der Waals surface area contributed by atoms with Gasteiger partial charge in [0, 0.05) is 23.8 Å². The van der Waals surface area contributed by atoms with Crippen molar-refractivity contribution >= 4 is 44.8 Å². The molecule has 0 unspecified atom stereocenters. The van der Waals surface area contributed by atoms with E-state index < -0.39 is 15.4 Å². The van der Waals surface area contributed by atoms with Gasteiger partial charge in [0.05, 0.1) is 10.4 Å². The third-order valence-electron chi connectivity index (χ3n) is 5.45. The van der Waals surface area contributed by atoms with Crippen LogP contribution in [0.4, 0.5) is 5.69 Å². The first-order valence-electron chi connectivity index (χ1n) is 9.20. The van der Waals surface area contributed by atoms with Crippen molar-refractivity contribution < 1.29 is 13.2 Å². The molecule has 1 aliphatic carbocycles. The average molecular weight is 439 g/mol. The van der Waals surface area contributed by atoms with E-state index >= 15 is 0 Å². The van der Waals surface area contributed by atoms with Crippen LogP contribution in [0.3, 0.4) is 0 Å². The third kappa shape index (κ3) is 3.54. The van der Waals surface area contributed by atoms with Gasteiger partial charge in [-0.2, -0.15) is 4.31 Å². The molecule has 2 fully saturated rings. The zero-order valence-electron chi connectivity index (χ0n) is 15.1. The Labute approximate surface area is 174 Å². The van der Waals surface area contributed by atoms with Crippen LogP contribution in [0.15, 0.2) is 47.4 Å². The smallest absolute Gasteiger partial charge is 0.244 e. The molecule has 28 heavy (non-hydrogen) atoms. The number of halogens is 2. The fraction of sp³-hybridized carbons (Fsp3) is 0.350. The summed E-state index contributed by atoms with van der Waals surface area (Å²) in [6.45, 7) is 0.990. The molecule has 1 saturated heterocycles. The minimum absolute atomic E-state index is 0.0326. The highest BCUT2D eigenvalue weighted by atomic mass is 35.5. The van der Waals surface area contributed by atoms with E-state index in [2.05, 4.69) is 5.32 Å². The van der Waals surface area contributed by atoms with E-state index in [0.29, 0.717) is 23.8 Å². The molecule has 1 heterocycles. The molecule has 0 aromatic heterocycles. The van der Waals surface area contributed by atoms with Crippen LogP contribution < -0.4 is 5.32 Å². The summed E-state index contributed by atoms with van der Waals surface area (Å²) in [5.74, 6) is -0.151. The van der Waals surface area contributed by atoms with Gasteiger partial charge in [-0.3, -0.25) is 4.79 Å². The minimum Gasteiger partial charge on any atom is -0.325 e. The van der Waals surface area contributed by atoms with Gasteiger partial charge in [0.1, 0.15) is 4.90 Å². The molecule has 148 valence electrons. The maximum Gasteiger partial charge on any atom is 0.244 e. The second-order valence-corrected chi connectivity index (χ2v) is 10.0. The van der Waals surface area contributed by atoms with Gasteiger partial charge < -0.3 is 5.32 Å². The van der Waals surface area contributed by atoms with E-state index in [0.717, 1.165) is 31.2 Å². The van der Waals surface area contributed by atoms with Crippen molar-refractivity contribution in [1.82, 2.24) is 4.31 Å².